The Morgan fingerprint density at radius 1 is 1.23 bits per heavy atom. The number of unbranched alkanes of at least 4 members (excludes halogenated alkanes) is 1. The molecular weight excluding hydrogens is 377 g/mol. The summed E-state index contributed by atoms with van der Waals surface area (Å²) in [5.74, 6) is -1.06. The van der Waals surface area contributed by atoms with E-state index < -0.39 is 11.9 Å². The van der Waals surface area contributed by atoms with Gasteiger partial charge >= 0.3 is 5.97 Å². The fourth-order valence-electron chi connectivity index (χ4n) is 2.30. The van der Waals surface area contributed by atoms with Crippen molar-refractivity contribution in [1.29, 1.82) is 0 Å². The first-order valence-electron chi connectivity index (χ1n) is 8.33. The molecule has 0 spiro atoms. The molecule has 0 aliphatic rings. The van der Waals surface area contributed by atoms with Crippen LogP contribution < -0.4 is 5.32 Å². The topological polar surface area (TPSA) is 73.2 Å². The molecule has 2 rings (SSSR count). The van der Waals surface area contributed by atoms with Crippen molar-refractivity contribution in [3.05, 3.63) is 51.3 Å². The maximum atomic E-state index is 12.2. The van der Waals surface area contributed by atoms with Crippen molar-refractivity contribution in [1.82, 2.24) is 15.1 Å². The second-order valence-corrected chi connectivity index (χ2v) is 6.60. The Kier molecular flexibility index (Phi) is 7.48. The molecule has 1 N–H and O–H groups in total. The summed E-state index contributed by atoms with van der Waals surface area (Å²) in [7, 11) is 0. The average Bonchev–Trinajstić information content (AvgIpc) is 2.91. The number of halogens is 2. The maximum Gasteiger partial charge on any atom is 0.343 e. The number of nitrogens with zero attached hydrogens (tertiary/aromatic N) is 2. The molecule has 0 atom stereocenters. The van der Waals surface area contributed by atoms with Gasteiger partial charge in [-0.2, -0.15) is 5.10 Å². The SMILES string of the molecule is CCCCn1nc(C)c(C(=O)OCC(=O)NCc2ccc(Cl)cc2)c1Cl. The van der Waals surface area contributed by atoms with Gasteiger partial charge < -0.3 is 10.1 Å². The van der Waals surface area contributed by atoms with E-state index in [2.05, 4.69) is 17.3 Å². The second kappa shape index (κ2) is 9.59. The van der Waals surface area contributed by atoms with Crippen LogP contribution in [-0.2, 0) is 22.6 Å². The summed E-state index contributed by atoms with van der Waals surface area (Å²) in [5.41, 5.74) is 1.58. The van der Waals surface area contributed by atoms with Gasteiger partial charge in [0.25, 0.3) is 5.91 Å². The largest absolute Gasteiger partial charge is 0.452 e. The Morgan fingerprint density at radius 3 is 2.58 bits per heavy atom. The van der Waals surface area contributed by atoms with Crippen LogP contribution in [0.1, 0.15) is 41.4 Å². The number of ether oxygens (including phenoxy) is 1. The Balaban J connectivity index is 1.86. The molecule has 0 saturated heterocycles. The number of aromatic nitrogens is 2. The van der Waals surface area contributed by atoms with E-state index in [9.17, 15) is 9.59 Å². The molecule has 2 aromatic rings. The maximum absolute atomic E-state index is 12.2. The highest BCUT2D eigenvalue weighted by atomic mass is 35.5. The van der Waals surface area contributed by atoms with Crippen LogP contribution in [0.2, 0.25) is 10.2 Å². The molecule has 0 aliphatic heterocycles. The first-order chi connectivity index (χ1) is 12.4. The number of nitrogens with one attached hydrogen (secondary N) is 1. The zero-order chi connectivity index (χ0) is 19.1. The molecule has 0 aliphatic carbocycles. The molecule has 1 aromatic carbocycles. The highest BCUT2D eigenvalue weighted by Crippen LogP contribution is 2.21. The van der Waals surface area contributed by atoms with Gasteiger partial charge in [-0.25, -0.2) is 4.79 Å². The summed E-state index contributed by atoms with van der Waals surface area (Å²) in [4.78, 5) is 24.1. The molecule has 1 amide bonds. The summed E-state index contributed by atoms with van der Waals surface area (Å²) in [6.07, 6.45) is 1.89. The monoisotopic (exact) mass is 397 g/mol. The normalized spacial score (nSPS) is 10.6. The third kappa shape index (κ3) is 5.47. The van der Waals surface area contributed by atoms with Crippen LogP contribution in [0, 0.1) is 6.92 Å². The smallest absolute Gasteiger partial charge is 0.343 e. The van der Waals surface area contributed by atoms with Gasteiger partial charge in [-0.3, -0.25) is 9.48 Å². The molecule has 1 heterocycles. The van der Waals surface area contributed by atoms with Crippen molar-refractivity contribution in [3.63, 3.8) is 0 Å². The van der Waals surface area contributed by atoms with Crippen LogP contribution in [0.3, 0.4) is 0 Å². The average molecular weight is 398 g/mol. The third-order valence-corrected chi connectivity index (χ3v) is 4.37. The standard InChI is InChI=1S/C18H21Cl2N3O3/c1-3-4-9-23-17(20)16(12(2)22-23)18(25)26-11-15(24)21-10-13-5-7-14(19)8-6-13/h5-8H,3-4,9-11H2,1-2H3,(H,21,24). The minimum absolute atomic E-state index is 0.202. The summed E-state index contributed by atoms with van der Waals surface area (Å²) >= 11 is 12.0. The predicted octanol–water partition coefficient (Wildman–Crippen LogP) is 3.77. The van der Waals surface area contributed by atoms with Gasteiger partial charge in [0.05, 0.1) is 5.69 Å². The first-order valence-corrected chi connectivity index (χ1v) is 9.09. The summed E-state index contributed by atoms with van der Waals surface area (Å²) in [6, 6.07) is 7.10. The van der Waals surface area contributed by atoms with E-state index in [-0.39, 0.29) is 17.3 Å². The molecule has 0 fully saturated rings. The Morgan fingerprint density at radius 2 is 1.92 bits per heavy atom. The van der Waals surface area contributed by atoms with E-state index in [1.807, 2.05) is 12.1 Å². The van der Waals surface area contributed by atoms with Crippen LogP contribution >= 0.6 is 23.2 Å². The van der Waals surface area contributed by atoms with Crippen LogP contribution in [0.15, 0.2) is 24.3 Å². The first kappa shape index (κ1) is 20.3. The van der Waals surface area contributed by atoms with E-state index >= 15 is 0 Å². The lowest BCUT2D eigenvalue weighted by Gasteiger charge is -2.07. The molecule has 0 saturated carbocycles. The highest BCUT2D eigenvalue weighted by molar-refractivity contribution is 6.32. The Bertz CT molecular complexity index is 773. The molecule has 0 radical (unpaired) electrons. The van der Waals surface area contributed by atoms with Crippen molar-refractivity contribution in [2.75, 3.05) is 6.61 Å². The zero-order valence-corrected chi connectivity index (χ0v) is 16.2. The van der Waals surface area contributed by atoms with Gasteiger partial charge in [0.1, 0.15) is 10.7 Å². The fourth-order valence-corrected chi connectivity index (χ4v) is 2.76. The lowest BCUT2D eigenvalue weighted by atomic mass is 10.2. The molecule has 1 aromatic heterocycles. The van der Waals surface area contributed by atoms with Gasteiger partial charge in [0.15, 0.2) is 6.61 Å². The number of hydrogen-bond donors (Lipinski definition) is 1. The van der Waals surface area contributed by atoms with Gasteiger partial charge in [-0.05, 0) is 31.0 Å². The minimum atomic E-state index is -0.656. The number of rotatable bonds is 8. The third-order valence-electron chi connectivity index (χ3n) is 3.73. The number of amides is 1. The lowest BCUT2D eigenvalue weighted by Crippen LogP contribution is -2.28. The molecule has 26 heavy (non-hydrogen) atoms. The van der Waals surface area contributed by atoms with Crippen molar-refractivity contribution in [2.24, 2.45) is 0 Å². The van der Waals surface area contributed by atoms with E-state index in [1.54, 1.807) is 23.7 Å². The van der Waals surface area contributed by atoms with Crippen LogP contribution in [0.25, 0.3) is 0 Å². The number of carbonyl (C=O) groups is 2. The van der Waals surface area contributed by atoms with E-state index in [0.29, 0.717) is 23.8 Å². The van der Waals surface area contributed by atoms with E-state index in [1.165, 1.54) is 0 Å². The number of esters is 1. The van der Waals surface area contributed by atoms with E-state index in [0.717, 1.165) is 18.4 Å². The number of aryl methyl sites for hydroxylation is 2. The van der Waals surface area contributed by atoms with Crippen molar-refractivity contribution in [3.8, 4) is 0 Å². The lowest BCUT2D eigenvalue weighted by molar-refractivity contribution is -0.124. The number of benzene rings is 1. The minimum Gasteiger partial charge on any atom is -0.452 e. The van der Waals surface area contributed by atoms with Crippen LogP contribution in [-0.4, -0.2) is 28.3 Å². The van der Waals surface area contributed by atoms with E-state index in [4.69, 9.17) is 27.9 Å². The second-order valence-electron chi connectivity index (χ2n) is 5.81. The van der Waals surface area contributed by atoms with Crippen molar-refractivity contribution >= 4 is 35.1 Å². The van der Waals surface area contributed by atoms with Crippen LogP contribution in [0.5, 0.6) is 0 Å². The quantitative estimate of drug-likeness (QED) is 0.687. The van der Waals surface area contributed by atoms with Crippen molar-refractivity contribution < 1.29 is 14.3 Å². The number of carbonyl (C=O) groups excluding carboxylic acids is 2. The van der Waals surface area contributed by atoms with Gasteiger partial charge in [0, 0.05) is 18.1 Å². The van der Waals surface area contributed by atoms with Crippen molar-refractivity contribution in [2.45, 2.75) is 39.8 Å². The van der Waals surface area contributed by atoms with Crippen LogP contribution in [0.4, 0.5) is 0 Å². The zero-order valence-electron chi connectivity index (χ0n) is 14.7. The highest BCUT2D eigenvalue weighted by Gasteiger charge is 2.22. The predicted molar refractivity (Wildman–Crippen MR) is 100 cm³/mol. The van der Waals surface area contributed by atoms with Gasteiger partial charge in [-0.15, -0.1) is 0 Å². The van der Waals surface area contributed by atoms with Gasteiger partial charge in [0.2, 0.25) is 0 Å². The van der Waals surface area contributed by atoms with Gasteiger partial charge in [-0.1, -0.05) is 48.7 Å². The molecule has 140 valence electrons. The molecule has 6 nitrogen and oxygen atoms in total. The molecular formula is C18H21Cl2N3O3. The summed E-state index contributed by atoms with van der Waals surface area (Å²) in [5, 5.41) is 7.79. The fraction of sp³-hybridized carbons (Fsp3) is 0.389. The summed E-state index contributed by atoms with van der Waals surface area (Å²) in [6.45, 7) is 4.31. The number of hydrogen-bond acceptors (Lipinski definition) is 4. The summed E-state index contributed by atoms with van der Waals surface area (Å²) < 4.78 is 6.65. The Labute approximate surface area is 162 Å². The molecule has 8 heteroatoms. The molecule has 0 bridgehead atoms. The Hall–Kier alpha value is -2.05. The molecule has 0 unspecified atom stereocenters.